The lowest BCUT2D eigenvalue weighted by Gasteiger charge is -2.42. The number of hydrogen-bond acceptors (Lipinski definition) is 8. The molecule has 0 saturated heterocycles. The maximum Gasteiger partial charge on any atom is 0.145 e. The number of anilines is 1. The lowest BCUT2D eigenvalue weighted by Crippen LogP contribution is -2.46. The SMILES string of the molecule is CN(C[C@H]1C[C@@H](n2ccc3c(N)ncnc32)[C@H](O)[C@@H]1O)C1CC(CCC2=NC3=CC=C(C4(C)CCC4)CC3=N2)C1. The van der Waals surface area contributed by atoms with E-state index in [2.05, 4.69) is 41.0 Å². The van der Waals surface area contributed by atoms with E-state index in [9.17, 15) is 10.2 Å². The van der Waals surface area contributed by atoms with Gasteiger partial charge in [-0.1, -0.05) is 25.0 Å². The first kappa shape index (κ1) is 26.0. The number of hydrogen-bond donors (Lipinski definition) is 3. The van der Waals surface area contributed by atoms with Gasteiger partial charge < -0.3 is 25.4 Å². The summed E-state index contributed by atoms with van der Waals surface area (Å²) in [4.78, 5) is 20.6. The van der Waals surface area contributed by atoms with Crippen molar-refractivity contribution in [1.29, 1.82) is 0 Å². The van der Waals surface area contributed by atoms with Crippen LogP contribution in [0.1, 0.15) is 70.8 Å². The monoisotopic (exact) mass is 543 g/mol. The number of nitrogens with two attached hydrogens (primary N) is 1. The minimum absolute atomic E-state index is 0.00155. The molecule has 2 aromatic heterocycles. The van der Waals surface area contributed by atoms with Crippen LogP contribution in [0.5, 0.6) is 0 Å². The fourth-order valence-electron chi connectivity index (χ4n) is 7.64. The van der Waals surface area contributed by atoms with Gasteiger partial charge >= 0.3 is 0 Å². The maximum absolute atomic E-state index is 10.9. The van der Waals surface area contributed by atoms with Gasteiger partial charge in [-0.05, 0) is 69.0 Å². The van der Waals surface area contributed by atoms with Crippen molar-refractivity contribution in [3.8, 4) is 0 Å². The van der Waals surface area contributed by atoms with Crippen LogP contribution >= 0.6 is 0 Å². The lowest BCUT2D eigenvalue weighted by atomic mass is 9.63. The second-order valence-electron chi connectivity index (χ2n) is 13.2. The molecule has 1 aliphatic heterocycles. The molecule has 0 amide bonds. The number of aliphatic imine (C=N–C) groups is 2. The van der Waals surface area contributed by atoms with Crippen molar-refractivity contribution in [1.82, 2.24) is 19.4 Å². The molecule has 212 valence electrons. The van der Waals surface area contributed by atoms with Crippen LogP contribution in [-0.2, 0) is 0 Å². The predicted molar refractivity (Wildman–Crippen MR) is 157 cm³/mol. The summed E-state index contributed by atoms with van der Waals surface area (Å²) in [6.45, 7) is 3.16. The third kappa shape index (κ3) is 4.43. The van der Waals surface area contributed by atoms with Crippen molar-refractivity contribution in [2.24, 2.45) is 27.2 Å². The van der Waals surface area contributed by atoms with Gasteiger partial charge in [-0.15, -0.1) is 0 Å². The Hall–Kier alpha value is -2.88. The molecule has 0 aromatic carbocycles. The van der Waals surface area contributed by atoms with E-state index >= 15 is 0 Å². The number of rotatable bonds is 8. The van der Waals surface area contributed by atoms with Crippen molar-refractivity contribution in [2.45, 2.75) is 89.0 Å². The average molecular weight is 544 g/mol. The van der Waals surface area contributed by atoms with Crippen molar-refractivity contribution >= 4 is 28.4 Å². The van der Waals surface area contributed by atoms with Crippen LogP contribution in [-0.4, -0.2) is 73.0 Å². The van der Waals surface area contributed by atoms with E-state index in [4.69, 9.17) is 15.7 Å². The maximum atomic E-state index is 10.9. The van der Waals surface area contributed by atoms with Gasteiger partial charge in [-0.25, -0.2) is 20.0 Å². The Labute approximate surface area is 235 Å². The van der Waals surface area contributed by atoms with Crippen LogP contribution in [0.4, 0.5) is 5.82 Å². The highest BCUT2D eigenvalue weighted by Gasteiger charge is 2.44. The topological polar surface area (TPSA) is 125 Å². The Morgan fingerprint density at radius 3 is 2.70 bits per heavy atom. The minimum atomic E-state index is -0.838. The fraction of sp³-hybridized carbons (Fsp3) is 0.613. The zero-order valence-electron chi connectivity index (χ0n) is 23.6. The zero-order valence-corrected chi connectivity index (χ0v) is 23.6. The molecule has 5 aliphatic rings. The van der Waals surface area contributed by atoms with E-state index in [0.717, 1.165) is 42.7 Å². The Kier molecular flexibility index (Phi) is 6.44. The van der Waals surface area contributed by atoms with E-state index in [1.54, 1.807) is 0 Å². The van der Waals surface area contributed by atoms with Crippen LogP contribution in [0.15, 0.2) is 52.0 Å². The molecule has 9 heteroatoms. The number of aliphatic hydroxyl groups excluding tert-OH is 2. The standard InChI is InChI=1S/C31H41N7O2/c1-31(9-3-10-31)20-5-6-23-24(15-20)36-26(35-23)7-4-18-12-21(13-18)37(2)16-19-14-25(28(40)27(19)39)38-11-8-22-29(32)33-17-34-30(22)38/h5-6,8,11,17-19,21,25,27-28,39-40H,3-4,7,9-10,12-16H2,1-2H3,(H2,32,33,34)/t18?,19-,21?,25-,27-,28+/m1/s1. The summed E-state index contributed by atoms with van der Waals surface area (Å²) in [6, 6.07) is 2.17. The third-order valence-corrected chi connectivity index (χ3v) is 10.6. The second-order valence-corrected chi connectivity index (χ2v) is 13.2. The average Bonchev–Trinajstić information content (AvgIpc) is 3.58. The van der Waals surface area contributed by atoms with E-state index < -0.39 is 12.2 Å². The predicted octanol–water partition coefficient (Wildman–Crippen LogP) is 4.04. The second kappa shape index (κ2) is 9.89. The quantitative estimate of drug-likeness (QED) is 0.461. The number of aromatic nitrogens is 3. The molecule has 3 saturated carbocycles. The molecular formula is C31H41N7O2. The number of amidine groups is 1. The van der Waals surface area contributed by atoms with Crippen molar-refractivity contribution < 1.29 is 10.2 Å². The lowest BCUT2D eigenvalue weighted by molar-refractivity contribution is -0.00650. The molecule has 0 radical (unpaired) electrons. The summed E-state index contributed by atoms with van der Waals surface area (Å²) in [5.74, 6) is 2.13. The number of nitrogens with zero attached hydrogens (tertiary/aromatic N) is 6. The molecule has 40 heavy (non-hydrogen) atoms. The highest BCUT2D eigenvalue weighted by atomic mass is 16.3. The summed E-state index contributed by atoms with van der Waals surface area (Å²) in [7, 11) is 2.16. The summed E-state index contributed by atoms with van der Waals surface area (Å²) < 4.78 is 1.95. The molecule has 3 fully saturated rings. The van der Waals surface area contributed by atoms with Gasteiger partial charge in [-0.2, -0.15) is 0 Å². The first-order valence-corrected chi connectivity index (χ1v) is 15.0. The summed E-state index contributed by atoms with van der Waals surface area (Å²) in [6.07, 6.45) is 16.3. The molecule has 2 aromatic rings. The summed E-state index contributed by atoms with van der Waals surface area (Å²) >= 11 is 0. The van der Waals surface area contributed by atoms with Crippen molar-refractivity contribution in [3.63, 3.8) is 0 Å². The van der Waals surface area contributed by atoms with Gasteiger partial charge in [0.2, 0.25) is 0 Å². The van der Waals surface area contributed by atoms with Crippen LogP contribution in [0.25, 0.3) is 11.0 Å². The molecule has 7 rings (SSSR count). The first-order chi connectivity index (χ1) is 19.3. The van der Waals surface area contributed by atoms with E-state index in [1.807, 2.05) is 16.8 Å². The summed E-state index contributed by atoms with van der Waals surface area (Å²) in [5, 5.41) is 22.6. The highest BCUT2D eigenvalue weighted by Crippen LogP contribution is 2.49. The Morgan fingerprint density at radius 1 is 1.10 bits per heavy atom. The van der Waals surface area contributed by atoms with Gasteiger partial charge in [0, 0.05) is 37.5 Å². The van der Waals surface area contributed by atoms with Crippen molar-refractivity contribution in [2.75, 3.05) is 19.3 Å². The molecule has 0 spiro atoms. The highest BCUT2D eigenvalue weighted by molar-refractivity contribution is 6.14. The molecule has 0 bridgehead atoms. The van der Waals surface area contributed by atoms with E-state index in [0.29, 0.717) is 35.3 Å². The Bertz CT molecular complexity index is 1430. The smallest absolute Gasteiger partial charge is 0.145 e. The Balaban J connectivity index is 0.891. The van der Waals surface area contributed by atoms with Gasteiger partial charge in [0.05, 0.1) is 28.9 Å². The van der Waals surface area contributed by atoms with Crippen LogP contribution in [0.3, 0.4) is 0 Å². The van der Waals surface area contributed by atoms with Gasteiger partial charge in [0.1, 0.15) is 29.7 Å². The van der Waals surface area contributed by atoms with Crippen LogP contribution in [0, 0.1) is 17.3 Å². The van der Waals surface area contributed by atoms with Crippen LogP contribution < -0.4 is 5.73 Å². The zero-order chi connectivity index (χ0) is 27.6. The fourth-order valence-corrected chi connectivity index (χ4v) is 7.64. The van der Waals surface area contributed by atoms with Gasteiger partial charge in [0.25, 0.3) is 0 Å². The Morgan fingerprint density at radius 2 is 1.93 bits per heavy atom. The van der Waals surface area contributed by atoms with Gasteiger partial charge in [0.15, 0.2) is 0 Å². The molecule has 4 aliphatic carbocycles. The molecular weight excluding hydrogens is 502 g/mol. The molecule has 0 unspecified atom stereocenters. The number of allylic oxidation sites excluding steroid dienone is 4. The van der Waals surface area contributed by atoms with E-state index in [-0.39, 0.29) is 12.0 Å². The molecule has 3 heterocycles. The first-order valence-electron chi connectivity index (χ1n) is 15.0. The summed E-state index contributed by atoms with van der Waals surface area (Å²) in [5.41, 5.74) is 10.9. The normalized spacial score (nSPS) is 32.7. The minimum Gasteiger partial charge on any atom is -0.390 e. The van der Waals surface area contributed by atoms with Gasteiger partial charge in [-0.3, -0.25) is 0 Å². The van der Waals surface area contributed by atoms with E-state index in [1.165, 1.54) is 49.7 Å². The number of nitrogen functional groups attached to an aromatic ring is 1. The number of fused-ring (bicyclic) bond motifs is 2. The molecule has 4 atom stereocenters. The van der Waals surface area contributed by atoms with Crippen LogP contribution in [0.2, 0.25) is 0 Å². The van der Waals surface area contributed by atoms with Crippen molar-refractivity contribution in [3.05, 3.63) is 42.0 Å². The largest absolute Gasteiger partial charge is 0.390 e. The third-order valence-electron chi connectivity index (χ3n) is 10.6. The molecule has 9 nitrogen and oxygen atoms in total. The number of aliphatic hydroxyl groups is 2. The molecule has 4 N–H and O–H groups in total.